The number of nitrogen functional groups attached to an aromatic ring is 1. The highest BCUT2D eigenvalue weighted by Crippen LogP contribution is 2.33. The van der Waals surface area contributed by atoms with Crippen molar-refractivity contribution in [3.05, 3.63) is 28.6 Å². The van der Waals surface area contributed by atoms with Crippen molar-refractivity contribution in [3.8, 4) is 0 Å². The molecule has 2 atom stereocenters. The minimum atomic E-state index is -1.31. The topological polar surface area (TPSA) is 80.5 Å². The van der Waals surface area contributed by atoms with Crippen LogP contribution in [0.2, 0.25) is 0 Å². The number of likely N-dealkylation sites (tertiary alicyclic amines) is 1. The van der Waals surface area contributed by atoms with E-state index < -0.39 is 29.7 Å². The molecular weight excluding hydrogens is 434 g/mol. The molecule has 2 heterocycles. The van der Waals surface area contributed by atoms with Gasteiger partial charge in [0.25, 0.3) is 0 Å². The van der Waals surface area contributed by atoms with Crippen LogP contribution in [0.25, 0.3) is 10.9 Å². The molecule has 3 rings (SSSR count). The van der Waals surface area contributed by atoms with Crippen LogP contribution in [0, 0.1) is 5.82 Å². The molecule has 0 aliphatic carbocycles. The van der Waals surface area contributed by atoms with E-state index in [4.69, 9.17) is 10.5 Å². The predicted octanol–water partition coefficient (Wildman–Crippen LogP) is 4.48. The van der Waals surface area contributed by atoms with Crippen LogP contribution in [0.15, 0.2) is 22.8 Å². The highest BCUT2D eigenvalue weighted by atomic mass is 79.9. The number of nitrogens with one attached hydrogen (secondary N) is 1. The lowest BCUT2D eigenvalue weighted by Crippen LogP contribution is -2.51. The van der Waals surface area contributed by atoms with Gasteiger partial charge in [-0.2, -0.15) is 0 Å². The number of pyridine rings is 1. The lowest BCUT2D eigenvalue weighted by Gasteiger charge is -2.36. The summed E-state index contributed by atoms with van der Waals surface area (Å²) in [7, 11) is 0. The van der Waals surface area contributed by atoms with Crippen LogP contribution in [-0.4, -0.2) is 46.9 Å². The molecule has 1 unspecified atom stereocenters. The first kappa shape index (κ1) is 20.6. The van der Waals surface area contributed by atoms with Crippen LogP contribution >= 0.6 is 15.9 Å². The monoisotopic (exact) mass is 456 g/mol. The second-order valence-corrected chi connectivity index (χ2v) is 8.71. The van der Waals surface area contributed by atoms with Gasteiger partial charge in [-0.05, 0) is 49.2 Å². The molecule has 0 spiro atoms. The number of carbonyl (C=O) groups is 1. The van der Waals surface area contributed by atoms with Crippen molar-refractivity contribution in [3.63, 3.8) is 0 Å². The summed E-state index contributed by atoms with van der Waals surface area (Å²) in [5.74, 6) is -0.440. The molecule has 1 aliphatic rings. The van der Waals surface area contributed by atoms with Gasteiger partial charge in [0.05, 0.1) is 40.1 Å². The third-order valence-corrected chi connectivity index (χ3v) is 5.07. The maximum atomic E-state index is 14.8. The summed E-state index contributed by atoms with van der Waals surface area (Å²) in [6.45, 7) is 5.58. The fourth-order valence-electron chi connectivity index (χ4n) is 3.11. The van der Waals surface area contributed by atoms with Gasteiger partial charge < -0.3 is 20.7 Å². The number of nitrogens with two attached hydrogens (primary N) is 1. The van der Waals surface area contributed by atoms with E-state index in [9.17, 15) is 13.6 Å². The third-order valence-electron chi connectivity index (χ3n) is 4.46. The van der Waals surface area contributed by atoms with Crippen LogP contribution in [0.1, 0.15) is 27.2 Å². The summed E-state index contributed by atoms with van der Waals surface area (Å²) >= 11 is 3.16. The smallest absolute Gasteiger partial charge is 0.410 e. The number of alkyl halides is 1. The van der Waals surface area contributed by atoms with E-state index in [1.165, 1.54) is 17.2 Å². The summed E-state index contributed by atoms with van der Waals surface area (Å²) < 4.78 is 34.2. The molecule has 1 aliphatic heterocycles. The first-order valence-corrected chi connectivity index (χ1v) is 9.76. The lowest BCUT2D eigenvalue weighted by atomic mass is 10.0. The van der Waals surface area contributed by atoms with Gasteiger partial charge in [-0.3, -0.25) is 4.98 Å². The van der Waals surface area contributed by atoms with Gasteiger partial charge in [0, 0.05) is 18.0 Å². The maximum absolute atomic E-state index is 14.8. The van der Waals surface area contributed by atoms with E-state index in [-0.39, 0.29) is 11.0 Å². The molecule has 0 bridgehead atoms. The van der Waals surface area contributed by atoms with Crippen LogP contribution in [0.3, 0.4) is 0 Å². The summed E-state index contributed by atoms with van der Waals surface area (Å²) in [4.78, 5) is 17.7. The number of hydrogen-bond donors (Lipinski definition) is 2. The molecule has 9 heteroatoms. The quantitative estimate of drug-likeness (QED) is 0.696. The SMILES string of the molecule is CC(C)(C)OC(=O)N1CC[C@H](Nc2c(N)cnc3cc(F)c(Br)cc23)C(F)C1. The molecule has 1 saturated heterocycles. The van der Waals surface area contributed by atoms with E-state index in [1.807, 2.05) is 0 Å². The average molecular weight is 457 g/mol. The highest BCUT2D eigenvalue weighted by molar-refractivity contribution is 9.10. The molecule has 0 radical (unpaired) electrons. The first-order chi connectivity index (χ1) is 13.0. The predicted molar refractivity (Wildman–Crippen MR) is 109 cm³/mol. The van der Waals surface area contributed by atoms with Crippen LogP contribution in [-0.2, 0) is 4.74 Å². The second-order valence-electron chi connectivity index (χ2n) is 7.85. The Balaban J connectivity index is 1.78. The van der Waals surface area contributed by atoms with Crippen molar-refractivity contribution < 1.29 is 18.3 Å². The Labute approximate surface area is 170 Å². The van der Waals surface area contributed by atoms with Gasteiger partial charge in [-0.1, -0.05) is 0 Å². The van der Waals surface area contributed by atoms with E-state index in [0.717, 1.165) is 0 Å². The Bertz CT molecular complexity index is 904. The number of benzene rings is 1. The Morgan fingerprint density at radius 1 is 1.43 bits per heavy atom. The van der Waals surface area contributed by atoms with E-state index in [0.29, 0.717) is 35.2 Å². The van der Waals surface area contributed by atoms with Gasteiger partial charge in [-0.25, -0.2) is 13.6 Å². The zero-order chi connectivity index (χ0) is 20.6. The van der Waals surface area contributed by atoms with Crippen molar-refractivity contribution in [2.24, 2.45) is 0 Å². The van der Waals surface area contributed by atoms with Gasteiger partial charge in [-0.15, -0.1) is 0 Å². The van der Waals surface area contributed by atoms with E-state index in [2.05, 4.69) is 26.2 Å². The number of halogens is 3. The normalized spacial score (nSPS) is 20.3. The zero-order valence-corrected chi connectivity index (χ0v) is 17.5. The second kappa shape index (κ2) is 7.69. The third kappa shape index (κ3) is 4.45. The Hall–Kier alpha value is -2.16. The van der Waals surface area contributed by atoms with Crippen molar-refractivity contribution >= 4 is 44.3 Å². The van der Waals surface area contributed by atoms with Crippen molar-refractivity contribution in [1.82, 2.24) is 9.88 Å². The molecule has 1 fully saturated rings. The Kier molecular flexibility index (Phi) is 5.65. The molecule has 1 aromatic heterocycles. The molecule has 3 N–H and O–H groups in total. The molecule has 6 nitrogen and oxygen atoms in total. The number of amides is 1. The summed E-state index contributed by atoms with van der Waals surface area (Å²) in [6.07, 6.45) is -0.0396. The molecule has 1 amide bonds. The van der Waals surface area contributed by atoms with Crippen LogP contribution in [0.4, 0.5) is 25.0 Å². The highest BCUT2D eigenvalue weighted by Gasteiger charge is 2.34. The number of aromatic nitrogens is 1. The zero-order valence-electron chi connectivity index (χ0n) is 15.9. The number of nitrogens with zero attached hydrogens (tertiary/aromatic N) is 2. The fraction of sp³-hybridized carbons (Fsp3) is 0.474. The summed E-state index contributed by atoms with van der Waals surface area (Å²) in [5.41, 5.74) is 6.67. The van der Waals surface area contributed by atoms with Crippen LogP contribution in [0.5, 0.6) is 0 Å². The van der Waals surface area contributed by atoms with Crippen LogP contribution < -0.4 is 11.1 Å². The van der Waals surface area contributed by atoms with E-state index >= 15 is 0 Å². The maximum Gasteiger partial charge on any atom is 0.410 e. The minimum absolute atomic E-state index is 0.0756. The molecule has 28 heavy (non-hydrogen) atoms. The van der Waals surface area contributed by atoms with Gasteiger partial charge >= 0.3 is 6.09 Å². The largest absolute Gasteiger partial charge is 0.444 e. The number of rotatable bonds is 2. The molecule has 152 valence electrons. The van der Waals surface area contributed by atoms with Gasteiger partial charge in [0.15, 0.2) is 0 Å². The minimum Gasteiger partial charge on any atom is -0.444 e. The van der Waals surface area contributed by atoms with Gasteiger partial charge in [0.1, 0.15) is 17.6 Å². The average Bonchev–Trinajstić information content (AvgIpc) is 2.59. The molecule has 0 saturated carbocycles. The summed E-state index contributed by atoms with van der Waals surface area (Å²) in [6, 6.07) is 2.32. The van der Waals surface area contributed by atoms with Gasteiger partial charge in [0.2, 0.25) is 0 Å². The standard InChI is InChI=1S/C19H23BrF2N4O2/c1-19(2,3)28-18(27)26-5-4-15(13(22)9-26)25-17-10-6-11(20)12(21)7-16(10)24-8-14(17)23/h6-8,13,15H,4-5,9,23H2,1-3H3,(H,24,25)/t13?,15-/m0/s1. The van der Waals surface area contributed by atoms with E-state index in [1.54, 1.807) is 26.8 Å². The Morgan fingerprint density at radius 2 is 2.14 bits per heavy atom. The first-order valence-electron chi connectivity index (χ1n) is 8.97. The number of hydrogen-bond acceptors (Lipinski definition) is 5. The number of fused-ring (bicyclic) bond motifs is 1. The number of piperidine rings is 1. The number of ether oxygens (including phenoxy) is 1. The number of carbonyl (C=O) groups excluding carboxylic acids is 1. The Morgan fingerprint density at radius 3 is 2.79 bits per heavy atom. The molecule has 1 aromatic carbocycles. The number of anilines is 2. The van der Waals surface area contributed by atoms with Crippen molar-refractivity contribution in [2.45, 2.75) is 45.0 Å². The lowest BCUT2D eigenvalue weighted by molar-refractivity contribution is 0.0125. The van der Waals surface area contributed by atoms with Crippen molar-refractivity contribution in [1.29, 1.82) is 0 Å². The van der Waals surface area contributed by atoms with Crippen molar-refractivity contribution in [2.75, 3.05) is 24.1 Å². The molecular formula is C19H23BrF2N4O2. The fourth-order valence-corrected chi connectivity index (χ4v) is 3.45. The molecule has 2 aromatic rings. The summed E-state index contributed by atoms with van der Waals surface area (Å²) in [5, 5.41) is 3.73.